The summed E-state index contributed by atoms with van der Waals surface area (Å²) in [6, 6.07) is 8.34. The summed E-state index contributed by atoms with van der Waals surface area (Å²) in [6.45, 7) is -0.217. The first-order valence-electron chi connectivity index (χ1n) is 9.48. The molecule has 1 amide bonds. The predicted octanol–water partition coefficient (Wildman–Crippen LogP) is 3.08. The van der Waals surface area contributed by atoms with Gasteiger partial charge in [0.05, 0.1) is 12.5 Å². The second-order valence-electron chi connectivity index (χ2n) is 8.81. The highest BCUT2D eigenvalue weighted by Gasteiger charge is 2.61. The summed E-state index contributed by atoms with van der Waals surface area (Å²) in [5, 5.41) is 9.09. The number of aliphatic carboxylic acids is 1. The third-order valence-electron chi connectivity index (χ3n) is 6.94. The Balaban J connectivity index is 1.66. The molecule has 0 aromatic heterocycles. The average Bonchev–Trinajstić information content (AvgIpc) is 2.59. The van der Waals surface area contributed by atoms with E-state index in [0.717, 1.165) is 37.9 Å². The molecule has 140 valence electrons. The van der Waals surface area contributed by atoms with Crippen LogP contribution in [-0.4, -0.2) is 42.6 Å². The molecule has 4 aliphatic carbocycles. The van der Waals surface area contributed by atoms with Gasteiger partial charge in [0.25, 0.3) is 0 Å². The number of amides is 1. The van der Waals surface area contributed by atoms with Crippen molar-refractivity contribution in [3.05, 3.63) is 29.8 Å². The minimum atomic E-state index is -0.949. The number of carbonyl (C=O) groups is 2. The fourth-order valence-electron chi connectivity index (χ4n) is 6.47. The van der Waals surface area contributed by atoms with E-state index in [1.165, 1.54) is 16.9 Å². The van der Waals surface area contributed by atoms with Gasteiger partial charge in [0, 0.05) is 7.05 Å². The van der Waals surface area contributed by atoms with E-state index in [2.05, 4.69) is 12.1 Å². The molecule has 0 saturated heterocycles. The summed E-state index contributed by atoms with van der Waals surface area (Å²) in [5.41, 5.74) is 0.982. The van der Waals surface area contributed by atoms with Crippen LogP contribution in [0, 0.1) is 17.3 Å². The molecule has 0 spiro atoms. The lowest BCUT2D eigenvalue weighted by Gasteiger charge is -2.62. The predicted molar refractivity (Wildman–Crippen MR) is 97.1 cm³/mol. The van der Waals surface area contributed by atoms with Crippen LogP contribution in [0.5, 0.6) is 5.75 Å². The molecule has 0 heterocycles. The highest BCUT2D eigenvalue weighted by molar-refractivity contribution is 5.86. The third-order valence-corrected chi connectivity index (χ3v) is 6.94. The lowest BCUT2D eigenvalue weighted by atomic mass is 9.42. The summed E-state index contributed by atoms with van der Waals surface area (Å²) in [4.78, 5) is 25.8. The van der Waals surface area contributed by atoms with Crippen LogP contribution in [0.2, 0.25) is 0 Å². The van der Waals surface area contributed by atoms with Gasteiger partial charge in [-0.05, 0) is 73.5 Å². The average molecular weight is 357 g/mol. The van der Waals surface area contributed by atoms with Gasteiger partial charge in [-0.3, -0.25) is 9.59 Å². The second kappa shape index (κ2) is 6.00. The summed E-state index contributed by atoms with van der Waals surface area (Å²) < 4.78 is 5.30. The van der Waals surface area contributed by atoms with Gasteiger partial charge in [-0.2, -0.15) is 0 Å². The number of hydrogen-bond acceptors (Lipinski definition) is 3. The van der Waals surface area contributed by atoms with Gasteiger partial charge in [0.2, 0.25) is 5.91 Å². The van der Waals surface area contributed by atoms with Gasteiger partial charge in [0.1, 0.15) is 12.3 Å². The van der Waals surface area contributed by atoms with Crippen molar-refractivity contribution in [2.75, 3.05) is 20.7 Å². The van der Waals surface area contributed by atoms with Crippen molar-refractivity contribution >= 4 is 11.9 Å². The monoisotopic (exact) mass is 357 g/mol. The molecule has 1 aromatic rings. The second-order valence-corrected chi connectivity index (χ2v) is 8.81. The zero-order valence-corrected chi connectivity index (χ0v) is 15.5. The Morgan fingerprint density at radius 2 is 1.77 bits per heavy atom. The Hall–Kier alpha value is -2.04. The number of carboxylic acid groups (broad SMARTS) is 1. The van der Waals surface area contributed by atoms with Crippen LogP contribution in [0.15, 0.2) is 24.3 Å². The van der Waals surface area contributed by atoms with E-state index in [0.29, 0.717) is 11.8 Å². The van der Waals surface area contributed by atoms with Crippen molar-refractivity contribution < 1.29 is 19.4 Å². The molecular weight excluding hydrogens is 330 g/mol. The van der Waals surface area contributed by atoms with Crippen molar-refractivity contribution in [3.63, 3.8) is 0 Å². The van der Waals surface area contributed by atoms with Crippen molar-refractivity contribution in [1.29, 1.82) is 0 Å². The smallest absolute Gasteiger partial charge is 0.323 e. The zero-order valence-electron chi connectivity index (χ0n) is 15.5. The maximum atomic E-state index is 13.2. The number of rotatable bonds is 5. The Bertz CT molecular complexity index is 712. The Labute approximate surface area is 154 Å². The number of hydrogen-bond donors (Lipinski definition) is 1. The molecule has 2 atom stereocenters. The van der Waals surface area contributed by atoms with E-state index < -0.39 is 5.97 Å². The zero-order chi connectivity index (χ0) is 18.5. The number of benzene rings is 1. The standard InChI is InChI=1S/C21H27NO4/c1-22(12-18(23)24)19(25)21-10-14-7-15(11-21)9-20(8-14,13-21)16-3-5-17(26-2)6-4-16/h3-6,14-15H,7-13H2,1-2H3,(H,23,24). The van der Waals surface area contributed by atoms with Gasteiger partial charge in [-0.1, -0.05) is 12.1 Å². The molecule has 5 rings (SSSR count). The molecule has 2 unspecified atom stereocenters. The number of carbonyl (C=O) groups excluding carboxylic acids is 1. The van der Waals surface area contributed by atoms with Crippen LogP contribution in [-0.2, 0) is 15.0 Å². The number of ether oxygens (including phenoxy) is 1. The molecule has 26 heavy (non-hydrogen) atoms. The number of carboxylic acids is 1. The lowest BCUT2D eigenvalue weighted by Crippen LogP contribution is -2.59. The topological polar surface area (TPSA) is 66.8 Å². The summed E-state index contributed by atoms with van der Waals surface area (Å²) >= 11 is 0. The van der Waals surface area contributed by atoms with Crippen molar-refractivity contribution in [1.82, 2.24) is 4.90 Å². The van der Waals surface area contributed by atoms with E-state index in [-0.39, 0.29) is 23.3 Å². The minimum absolute atomic E-state index is 0.0342. The lowest BCUT2D eigenvalue weighted by molar-refractivity contribution is -0.162. The van der Waals surface area contributed by atoms with Gasteiger partial charge in [-0.15, -0.1) is 0 Å². The van der Waals surface area contributed by atoms with Crippen molar-refractivity contribution in [2.24, 2.45) is 17.3 Å². The molecule has 5 nitrogen and oxygen atoms in total. The van der Waals surface area contributed by atoms with Crippen LogP contribution in [0.25, 0.3) is 0 Å². The number of likely N-dealkylation sites (N-methyl/N-ethyl adjacent to an activating group) is 1. The van der Waals surface area contributed by atoms with E-state index in [4.69, 9.17) is 9.84 Å². The highest BCUT2D eigenvalue weighted by Crippen LogP contribution is 2.66. The van der Waals surface area contributed by atoms with Crippen LogP contribution < -0.4 is 4.74 Å². The van der Waals surface area contributed by atoms with Crippen LogP contribution >= 0.6 is 0 Å². The molecule has 1 aromatic carbocycles. The molecule has 4 saturated carbocycles. The molecule has 5 heteroatoms. The molecule has 4 bridgehead atoms. The summed E-state index contributed by atoms with van der Waals surface area (Å²) in [7, 11) is 3.31. The van der Waals surface area contributed by atoms with Crippen molar-refractivity contribution in [3.8, 4) is 5.75 Å². The van der Waals surface area contributed by atoms with Gasteiger partial charge in [-0.25, -0.2) is 0 Å². The molecular formula is C21H27NO4. The van der Waals surface area contributed by atoms with E-state index in [9.17, 15) is 9.59 Å². The van der Waals surface area contributed by atoms with Crippen molar-refractivity contribution in [2.45, 2.75) is 43.9 Å². The van der Waals surface area contributed by atoms with E-state index >= 15 is 0 Å². The number of methoxy groups -OCH3 is 1. The molecule has 0 radical (unpaired) electrons. The minimum Gasteiger partial charge on any atom is -0.497 e. The van der Waals surface area contributed by atoms with Crippen LogP contribution in [0.4, 0.5) is 0 Å². The summed E-state index contributed by atoms with van der Waals surface area (Å²) in [6.07, 6.45) is 6.20. The molecule has 0 aliphatic heterocycles. The first kappa shape index (κ1) is 17.4. The molecule has 1 N–H and O–H groups in total. The fourth-order valence-corrected chi connectivity index (χ4v) is 6.47. The Morgan fingerprint density at radius 1 is 1.15 bits per heavy atom. The first-order valence-corrected chi connectivity index (χ1v) is 9.48. The fraction of sp³-hybridized carbons (Fsp3) is 0.619. The quantitative estimate of drug-likeness (QED) is 0.879. The maximum absolute atomic E-state index is 13.2. The summed E-state index contributed by atoms with van der Waals surface area (Å²) in [5.74, 6) is 1.08. The third kappa shape index (κ3) is 2.68. The Morgan fingerprint density at radius 3 is 2.31 bits per heavy atom. The molecule has 4 aliphatic rings. The first-order chi connectivity index (χ1) is 12.4. The molecule has 4 fully saturated rings. The number of nitrogens with zero attached hydrogens (tertiary/aromatic N) is 1. The Kier molecular flexibility index (Phi) is 4.01. The van der Waals surface area contributed by atoms with Gasteiger partial charge >= 0.3 is 5.97 Å². The highest BCUT2D eigenvalue weighted by atomic mass is 16.5. The largest absolute Gasteiger partial charge is 0.497 e. The SMILES string of the molecule is COc1ccc(C23CC4CC(CC(C(=O)N(C)CC(=O)O)(C4)C2)C3)cc1. The van der Waals surface area contributed by atoms with Gasteiger partial charge < -0.3 is 14.7 Å². The van der Waals surface area contributed by atoms with Crippen LogP contribution in [0.3, 0.4) is 0 Å². The van der Waals surface area contributed by atoms with E-state index in [1.54, 1.807) is 14.2 Å². The normalized spacial score (nSPS) is 34.5. The van der Waals surface area contributed by atoms with Crippen LogP contribution in [0.1, 0.15) is 44.1 Å². The van der Waals surface area contributed by atoms with Gasteiger partial charge in [0.15, 0.2) is 0 Å². The van der Waals surface area contributed by atoms with E-state index in [1.807, 2.05) is 12.1 Å². The maximum Gasteiger partial charge on any atom is 0.323 e.